The van der Waals surface area contributed by atoms with E-state index in [0.29, 0.717) is 11.8 Å². The zero-order valence-electron chi connectivity index (χ0n) is 22.5. The van der Waals surface area contributed by atoms with Crippen LogP contribution in [0.4, 0.5) is 8.78 Å². The molecule has 5 rings (SSSR count). The summed E-state index contributed by atoms with van der Waals surface area (Å²) in [6, 6.07) is 12.1. The summed E-state index contributed by atoms with van der Waals surface area (Å²) in [7, 11) is 0. The molecule has 0 heterocycles. The summed E-state index contributed by atoms with van der Waals surface area (Å²) in [5.74, 6) is -5.84. The number of aliphatic carboxylic acids is 1. The lowest BCUT2D eigenvalue weighted by molar-refractivity contribution is -0.183. The van der Waals surface area contributed by atoms with Gasteiger partial charge >= 0.3 is 23.8 Å². The highest BCUT2D eigenvalue weighted by Crippen LogP contribution is 2.59. The van der Waals surface area contributed by atoms with Crippen LogP contribution in [0.1, 0.15) is 78.3 Å². The third-order valence-electron chi connectivity index (χ3n) is 8.74. The molecule has 9 heteroatoms. The summed E-state index contributed by atoms with van der Waals surface area (Å²) < 4.78 is 45.9. The highest BCUT2D eigenvalue weighted by molar-refractivity contribution is 5.93. The normalized spacial score (nSPS) is 26.8. The van der Waals surface area contributed by atoms with Crippen molar-refractivity contribution in [2.24, 2.45) is 29.6 Å². The zero-order valence-corrected chi connectivity index (χ0v) is 22.5. The van der Waals surface area contributed by atoms with Crippen LogP contribution in [0.25, 0.3) is 0 Å². The van der Waals surface area contributed by atoms with Crippen molar-refractivity contribution < 1.29 is 42.5 Å². The SMILES string of the molecule is CC(C)C(OC(=O)c1ccc(C(=O)OC(c2ccccc2)C(F)(F)C(=O)O)cc1)OC1CC2CC1C1CCCC21. The first-order valence-electron chi connectivity index (χ1n) is 13.9. The van der Waals surface area contributed by atoms with Crippen LogP contribution in [0, 0.1) is 29.6 Å². The van der Waals surface area contributed by atoms with Crippen molar-refractivity contribution in [3.05, 3.63) is 71.3 Å². The van der Waals surface area contributed by atoms with Crippen LogP contribution in [0.2, 0.25) is 0 Å². The molecule has 0 amide bonds. The van der Waals surface area contributed by atoms with Crippen LogP contribution in [0.15, 0.2) is 54.6 Å². The fourth-order valence-electron chi connectivity index (χ4n) is 6.84. The minimum Gasteiger partial charge on any atom is -0.477 e. The standard InChI is InChI=1S/C31H34F2O7/c1-17(2)29(38-25-16-21-15-24(25)23-10-6-9-22(21)23)40-28(35)20-13-11-19(12-14-20)27(34)39-26(31(32,33)30(36)37)18-7-4-3-5-8-18/h3-5,7-8,11-14,17,21-26,29H,6,9-10,15-16H2,1-2H3,(H,36,37). The summed E-state index contributed by atoms with van der Waals surface area (Å²) in [6.45, 7) is 3.86. The second kappa shape index (κ2) is 11.3. The number of rotatable bonds is 10. The van der Waals surface area contributed by atoms with Gasteiger partial charge in [0.2, 0.25) is 12.4 Å². The van der Waals surface area contributed by atoms with Crippen molar-refractivity contribution >= 4 is 17.9 Å². The maximum absolute atomic E-state index is 14.4. The maximum Gasteiger partial charge on any atom is 0.382 e. The van der Waals surface area contributed by atoms with E-state index in [1.165, 1.54) is 74.2 Å². The Morgan fingerprint density at radius 1 is 0.850 bits per heavy atom. The van der Waals surface area contributed by atoms with E-state index in [9.17, 15) is 23.2 Å². The largest absolute Gasteiger partial charge is 0.477 e. The molecule has 0 spiro atoms. The molecule has 2 aromatic carbocycles. The molecule has 40 heavy (non-hydrogen) atoms. The molecule has 1 N–H and O–H groups in total. The number of benzene rings is 2. The van der Waals surface area contributed by atoms with Gasteiger partial charge in [-0.05, 0) is 79.2 Å². The number of carboxylic acid groups (broad SMARTS) is 1. The highest BCUT2D eigenvalue weighted by Gasteiger charge is 2.55. The molecule has 7 unspecified atom stereocenters. The van der Waals surface area contributed by atoms with Crippen LogP contribution in [-0.4, -0.2) is 41.3 Å². The van der Waals surface area contributed by atoms with Gasteiger partial charge in [-0.2, -0.15) is 8.78 Å². The van der Waals surface area contributed by atoms with E-state index >= 15 is 0 Å². The Balaban J connectivity index is 1.23. The van der Waals surface area contributed by atoms with Gasteiger partial charge < -0.3 is 19.3 Å². The Morgan fingerprint density at radius 3 is 2.05 bits per heavy atom. The van der Waals surface area contributed by atoms with Gasteiger partial charge in [0, 0.05) is 5.92 Å². The number of fused-ring (bicyclic) bond motifs is 5. The molecule has 0 aliphatic heterocycles. The molecule has 2 bridgehead atoms. The molecular formula is C31H34F2O7. The van der Waals surface area contributed by atoms with Gasteiger partial charge in [0.05, 0.1) is 17.2 Å². The van der Waals surface area contributed by atoms with Crippen molar-refractivity contribution in [3.63, 3.8) is 0 Å². The number of alkyl halides is 2. The fourth-order valence-corrected chi connectivity index (χ4v) is 6.84. The first-order chi connectivity index (χ1) is 19.1. The Kier molecular flexibility index (Phi) is 7.95. The average Bonchev–Trinajstić information content (AvgIpc) is 3.66. The quantitative estimate of drug-likeness (QED) is 0.271. The topological polar surface area (TPSA) is 99.1 Å². The van der Waals surface area contributed by atoms with E-state index in [2.05, 4.69) is 0 Å². The summed E-state index contributed by atoms with van der Waals surface area (Å²) in [4.78, 5) is 36.8. The molecule has 0 saturated heterocycles. The second-order valence-corrected chi connectivity index (χ2v) is 11.5. The number of carbonyl (C=O) groups is 3. The van der Waals surface area contributed by atoms with E-state index < -0.39 is 36.2 Å². The predicted molar refractivity (Wildman–Crippen MR) is 140 cm³/mol. The lowest BCUT2D eigenvalue weighted by Crippen LogP contribution is -2.38. The molecule has 0 aromatic heterocycles. The summed E-state index contributed by atoms with van der Waals surface area (Å²) >= 11 is 0. The molecule has 3 aliphatic rings. The molecule has 214 valence electrons. The number of carbonyl (C=O) groups excluding carboxylic acids is 2. The van der Waals surface area contributed by atoms with Crippen molar-refractivity contribution in [1.82, 2.24) is 0 Å². The number of esters is 2. The minimum absolute atomic E-state index is 0.0671. The Morgan fingerprint density at radius 2 is 1.45 bits per heavy atom. The van der Waals surface area contributed by atoms with Crippen molar-refractivity contribution in [3.8, 4) is 0 Å². The average molecular weight is 557 g/mol. The van der Waals surface area contributed by atoms with Crippen LogP contribution >= 0.6 is 0 Å². The first kappa shape index (κ1) is 28.2. The van der Waals surface area contributed by atoms with Gasteiger partial charge in [-0.1, -0.05) is 50.6 Å². The summed E-state index contributed by atoms with van der Waals surface area (Å²) in [6.07, 6.45) is 3.10. The molecule has 3 saturated carbocycles. The molecule has 3 aliphatic carbocycles. The maximum atomic E-state index is 14.4. The lowest BCUT2D eigenvalue weighted by Gasteiger charge is -2.34. The monoisotopic (exact) mass is 556 g/mol. The van der Waals surface area contributed by atoms with Crippen LogP contribution in [0.5, 0.6) is 0 Å². The first-order valence-corrected chi connectivity index (χ1v) is 13.9. The van der Waals surface area contributed by atoms with Gasteiger partial charge in [0.1, 0.15) is 0 Å². The summed E-state index contributed by atoms with van der Waals surface area (Å²) in [5.41, 5.74) is -0.129. The molecule has 7 atom stereocenters. The molecule has 3 fully saturated rings. The van der Waals surface area contributed by atoms with E-state index in [-0.39, 0.29) is 28.7 Å². The third kappa shape index (κ3) is 5.48. The molecule has 2 aromatic rings. The third-order valence-corrected chi connectivity index (χ3v) is 8.74. The van der Waals surface area contributed by atoms with Gasteiger partial charge in [-0.15, -0.1) is 0 Å². The van der Waals surface area contributed by atoms with E-state index in [1.54, 1.807) is 6.07 Å². The van der Waals surface area contributed by atoms with Crippen molar-refractivity contribution in [2.45, 2.75) is 70.4 Å². The molecule has 0 radical (unpaired) electrons. The Hall–Kier alpha value is -3.33. The van der Waals surface area contributed by atoms with Gasteiger partial charge in [-0.3, -0.25) is 0 Å². The Labute approximate surface area is 231 Å². The van der Waals surface area contributed by atoms with E-state index in [1.807, 2.05) is 13.8 Å². The number of carboxylic acids is 1. The van der Waals surface area contributed by atoms with Crippen LogP contribution in [-0.2, 0) is 19.0 Å². The fraction of sp³-hybridized carbons (Fsp3) is 0.516. The van der Waals surface area contributed by atoms with Crippen molar-refractivity contribution in [1.29, 1.82) is 0 Å². The van der Waals surface area contributed by atoms with E-state index in [0.717, 1.165) is 18.3 Å². The smallest absolute Gasteiger partial charge is 0.382 e. The lowest BCUT2D eigenvalue weighted by atomic mass is 9.80. The van der Waals surface area contributed by atoms with E-state index in [4.69, 9.17) is 19.3 Å². The summed E-state index contributed by atoms with van der Waals surface area (Å²) in [5, 5.41) is 9.02. The van der Waals surface area contributed by atoms with Crippen LogP contribution < -0.4 is 0 Å². The second-order valence-electron chi connectivity index (χ2n) is 11.5. The zero-order chi connectivity index (χ0) is 28.6. The number of ether oxygens (including phenoxy) is 3. The highest BCUT2D eigenvalue weighted by atomic mass is 19.3. The molecular weight excluding hydrogens is 522 g/mol. The van der Waals surface area contributed by atoms with Crippen LogP contribution in [0.3, 0.4) is 0 Å². The minimum atomic E-state index is -4.36. The number of halogens is 2. The van der Waals surface area contributed by atoms with Gasteiger partial charge in [0.15, 0.2) is 0 Å². The van der Waals surface area contributed by atoms with Crippen molar-refractivity contribution in [2.75, 3.05) is 0 Å². The Bertz CT molecular complexity index is 1230. The number of hydrogen-bond donors (Lipinski definition) is 1. The van der Waals surface area contributed by atoms with Gasteiger partial charge in [0.25, 0.3) is 0 Å². The number of hydrogen-bond acceptors (Lipinski definition) is 6. The van der Waals surface area contributed by atoms with Gasteiger partial charge in [-0.25, -0.2) is 14.4 Å². The predicted octanol–water partition coefficient (Wildman–Crippen LogP) is 6.28. The molecule has 7 nitrogen and oxygen atoms in total.